The number of hydrogen-bond donors (Lipinski definition) is 1. The van der Waals surface area contributed by atoms with Crippen molar-refractivity contribution < 1.29 is 4.79 Å². The number of aryl methyl sites for hydroxylation is 2. The molecule has 0 saturated carbocycles. The number of nitrogens with one attached hydrogen (secondary N) is 1. The Balaban J connectivity index is 1.42. The number of carbonyl (C=O) groups is 1. The van der Waals surface area contributed by atoms with E-state index in [2.05, 4.69) is 20.6 Å². The average Bonchev–Trinajstić information content (AvgIpc) is 3.37. The summed E-state index contributed by atoms with van der Waals surface area (Å²) >= 11 is 5.90. The van der Waals surface area contributed by atoms with Crippen molar-refractivity contribution in [1.82, 2.24) is 29.3 Å². The van der Waals surface area contributed by atoms with E-state index in [0.29, 0.717) is 29.6 Å². The van der Waals surface area contributed by atoms with Gasteiger partial charge in [0, 0.05) is 23.8 Å². The van der Waals surface area contributed by atoms with Crippen molar-refractivity contribution in [2.45, 2.75) is 27.1 Å². The van der Waals surface area contributed by atoms with Crippen LogP contribution in [0.2, 0.25) is 5.02 Å². The Kier molecular flexibility index (Phi) is 5.18. The predicted octanol–water partition coefficient (Wildman–Crippen LogP) is 3.35. The zero-order valence-electron chi connectivity index (χ0n) is 16.1. The van der Waals surface area contributed by atoms with Crippen LogP contribution in [-0.4, -0.2) is 35.2 Å². The van der Waals surface area contributed by atoms with Gasteiger partial charge in [0.2, 0.25) is 0 Å². The normalized spacial score (nSPS) is 11.0. The number of hydrogen-bond acceptors (Lipinski definition) is 4. The molecule has 9 heteroatoms. The Hall–Kier alpha value is -3.39. The first-order valence-corrected chi connectivity index (χ1v) is 9.47. The molecule has 0 atom stereocenters. The molecule has 0 spiro atoms. The Bertz CT molecular complexity index is 1160. The first-order chi connectivity index (χ1) is 14.0. The van der Waals surface area contributed by atoms with Crippen LogP contribution in [0.1, 0.15) is 27.4 Å². The SMILES string of the molecule is Cc1cc(C)n(Cn2ccc(C(=O)Nc3cccc(Cn4cc(Cl)cn4)c3)n2)n1. The molecule has 4 aromatic rings. The van der Waals surface area contributed by atoms with Crippen LogP contribution < -0.4 is 5.32 Å². The Labute approximate surface area is 172 Å². The molecule has 0 aliphatic rings. The molecule has 0 radical (unpaired) electrons. The molecule has 3 heterocycles. The molecular formula is C20H20ClN7O. The maximum atomic E-state index is 12.6. The Morgan fingerprint density at radius 3 is 2.72 bits per heavy atom. The molecule has 148 valence electrons. The molecule has 0 aliphatic carbocycles. The number of aromatic nitrogens is 6. The number of halogens is 1. The van der Waals surface area contributed by atoms with Crippen molar-refractivity contribution in [3.8, 4) is 0 Å². The zero-order valence-corrected chi connectivity index (χ0v) is 16.8. The lowest BCUT2D eigenvalue weighted by molar-refractivity contribution is 0.102. The summed E-state index contributed by atoms with van der Waals surface area (Å²) in [4.78, 5) is 12.6. The van der Waals surface area contributed by atoms with Gasteiger partial charge in [-0.25, -0.2) is 4.68 Å². The van der Waals surface area contributed by atoms with Crippen LogP contribution in [0.4, 0.5) is 5.69 Å². The van der Waals surface area contributed by atoms with Gasteiger partial charge in [0.05, 0.1) is 23.5 Å². The van der Waals surface area contributed by atoms with Crippen molar-refractivity contribution in [3.05, 3.63) is 82.7 Å². The maximum Gasteiger partial charge on any atom is 0.276 e. The zero-order chi connectivity index (χ0) is 20.4. The van der Waals surface area contributed by atoms with E-state index in [9.17, 15) is 4.79 Å². The van der Waals surface area contributed by atoms with Crippen molar-refractivity contribution in [2.75, 3.05) is 5.32 Å². The van der Waals surface area contributed by atoms with Crippen molar-refractivity contribution in [1.29, 1.82) is 0 Å². The molecule has 29 heavy (non-hydrogen) atoms. The van der Waals surface area contributed by atoms with E-state index in [1.165, 1.54) is 0 Å². The molecule has 0 unspecified atom stereocenters. The van der Waals surface area contributed by atoms with E-state index in [1.807, 2.05) is 48.9 Å². The number of anilines is 1. The molecule has 0 saturated heterocycles. The summed E-state index contributed by atoms with van der Waals surface area (Å²) in [5.74, 6) is -0.267. The molecule has 3 aromatic heterocycles. The van der Waals surface area contributed by atoms with Crippen LogP contribution in [0.15, 0.2) is 55.0 Å². The fourth-order valence-electron chi connectivity index (χ4n) is 3.07. The summed E-state index contributed by atoms with van der Waals surface area (Å²) in [5.41, 5.74) is 4.02. The fourth-order valence-corrected chi connectivity index (χ4v) is 3.23. The summed E-state index contributed by atoms with van der Waals surface area (Å²) in [6.45, 7) is 4.95. The minimum absolute atomic E-state index is 0.267. The molecular weight excluding hydrogens is 390 g/mol. The van der Waals surface area contributed by atoms with Gasteiger partial charge < -0.3 is 5.32 Å². The van der Waals surface area contributed by atoms with E-state index in [-0.39, 0.29) is 5.91 Å². The fraction of sp³-hybridized carbons (Fsp3) is 0.200. The predicted molar refractivity (Wildman–Crippen MR) is 110 cm³/mol. The van der Waals surface area contributed by atoms with Gasteiger partial charge in [-0.1, -0.05) is 23.7 Å². The second-order valence-electron chi connectivity index (χ2n) is 6.82. The Morgan fingerprint density at radius 1 is 1.14 bits per heavy atom. The molecule has 1 amide bonds. The van der Waals surface area contributed by atoms with E-state index in [4.69, 9.17) is 11.6 Å². The number of benzene rings is 1. The first-order valence-electron chi connectivity index (χ1n) is 9.09. The van der Waals surface area contributed by atoms with E-state index < -0.39 is 0 Å². The van der Waals surface area contributed by atoms with Crippen LogP contribution in [0.25, 0.3) is 0 Å². The van der Waals surface area contributed by atoms with E-state index >= 15 is 0 Å². The standard InChI is InChI=1S/C20H20ClN7O/c1-14-8-15(2)28(24-14)13-26-7-6-19(25-26)20(29)23-18-5-3-4-16(9-18)11-27-12-17(21)10-22-27/h3-10,12H,11,13H2,1-2H3,(H,23,29). The molecule has 8 nitrogen and oxygen atoms in total. The number of amides is 1. The topological polar surface area (TPSA) is 82.6 Å². The van der Waals surface area contributed by atoms with Gasteiger partial charge in [0.1, 0.15) is 6.67 Å². The highest BCUT2D eigenvalue weighted by Gasteiger charge is 2.11. The summed E-state index contributed by atoms with van der Waals surface area (Å²) in [7, 11) is 0. The number of rotatable bonds is 6. The third-order valence-electron chi connectivity index (χ3n) is 4.39. The molecule has 1 N–H and O–H groups in total. The summed E-state index contributed by atoms with van der Waals surface area (Å²) in [6, 6.07) is 11.3. The van der Waals surface area contributed by atoms with Gasteiger partial charge in [-0.2, -0.15) is 15.3 Å². The number of carbonyl (C=O) groups excluding carboxylic acids is 1. The van der Waals surface area contributed by atoms with Crippen molar-refractivity contribution >= 4 is 23.2 Å². The molecule has 1 aromatic carbocycles. The summed E-state index contributed by atoms with van der Waals surface area (Å²) in [5, 5.41) is 16.4. The smallest absolute Gasteiger partial charge is 0.276 e. The molecule has 0 fully saturated rings. The lowest BCUT2D eigenvalue weighted by Gasteiger charge is -2.07. The quantitative estimate of drug-likeness (QED) is 0.529. The van der Waals surface area contributed by atoms with Crippen LogP contribution in [0, 0.1) is 13.8 Å². The lowest BCUT2D eigenvalue weighted by Crippen LogP contribution is -2.15. The van der Waals surface area contributed by atoms with Crippen LogP contribution in [-0.2, 0) is 13.2 Å². The van der Waals surface area contributed by atoms with Gasteiger partial charge >= 0.3 is 0 Å². The Morgan fingerprint density at radius 2 is 2.00 bits per heavy atom. The summed E-state index contributed by atoms with van der Waals surface area (Å²) in [6.07, 6.45) is 5.11. The van der Waals surface area contributed by atoms with Gasteiger partial charge in [0.15, 0.2) is 5.69 Å². The highest BCUT2D eigenvalue weighted by atomic mass is 35.5. The lowest BCUT2D eigenvalue weighted by atomic mass is 10.2. The second-order valence-corrected chi connectivity index (χ2v) is 7.26. The van der Waals surface area contributed by atoms with Gasteiger partial charge in [0.25, 0.3) is 5.91 Å². The van der Waals surface area contributed by atoms with Crippen molar-refractivity contribution in [2.24, 2.45) is 0 Å². The largest absolute Gasteiger partial charge is 0.321 e. The monoisotopic (exact) mass is 409 g/mol. The van der Waals surface area contributed by atoms with E-state index in [1.54, 1.807) is 34.0 Å². The highest BCUT2D eigenvalue weighted by molar-refractivity contribution is 6.30. The minimum Gasteiger partial charge on any atom is -0.321 e. The second kappa shape index (κ2) is 7.92. The third kappa shape index (κ3) is 4.55. The first kappa shape index (κ1) is 18.9. The van der Waals surface area contributed by atoms with Crippen LogP contribution in [0.3, 0.4) is 0 Å². The number of nitrogens with zero attached hydrogens (tertiary/aromatic N) is 6. The maximum absolute atomic E-state index is 12.6. The van der Waals surface area contributed by atoms with Crippen LogP contribution >= 0.6 is 11.6 Å². The highest BCUT2D eigenvalue weighted by Crippen LogP contribution is 2.14. The van der Waals surface area contributed by atoms with Crippen molar-refractivity contribution in [3.63, 3.8) is 0 Å². The molecule has 0 aliphatic heterocycles. The molecule has 0 bridgehead atoms. The molecule has 4 rings (SSSR count). The third-order valence-corrected chi connectivity index (χ3v) is 4.58. The van der Waals surface area contributed by atoms with E-state index in [0.717, 1.165) is 17.0 Å². The average molecular weight is 410 g/mol. The van der Waals surface area contributed by atoms with Gasteiger partial charge in [-0.15, -0.1) is 0 Å². The van der Waals surface area contributed by atoms with Crippen LogP contribution in [0.5, 0.6) is 0 Å². The minimum atomic E-state index is -0.267. The van der Waals surface area contributed by atoms with Gasteiger partial charge in [-0.3, -0.25) is 14.2 Å². The summed E-state index contributed by atoms with van der Waals surface area (Å²) < 4.78 is 5.27. The van der Waals surface area contributed by atoms with Gasteiger partial charge in [-0.05, 0) is 43.7 Å².